The lowest BCUT2D eigenvalue weighted by atomic mass is 10.2. The third kappa shape index (κ3) is 3.76. The fraction of sp³-hybridized carbons (Fsp3) is 0.235. The third-order valence-electron chi connectivity index (χ3n) is 3.60. The molecule has 0 aliphatic rings. The van der Waals surface area contributed by atoms with Gasteiger partial charge in [0, 0.05) is 13.6 Å². The van der Waals surface area contributed by atoms with Crippen LogP contribution < -0.4 is 9.64 Å². The highest BCUT2D eigenvalue weighted by Crippen LogP contribution is 2.28. The number of nitrogens with zero attached hydrogens (tertiary/aromatic N) is 5. The maximum absolute atomic E-state index is 13.0. The van der Waals surface area contributed by atoms with Crippen LogP contribution in [-0.2, 0) is 12.7 Å². The Morgan fingerprint density at radius 2 is 1.88 bits per heavy atom. The van der Waals surface area contributed by atoms with E-state index in [4.69, 9.17) is 4.74 Å². The number of hydrogen-bond donors (Lipinski definition) is 0. The van der Waals surface area contributed by atoms with Gasteiger partial charge in [-0.3, -0.25) is 0 Å². The maximum Gasteiger partial charge on any atom is 0.453 e. The van der Waals surface area contributed by atoms with Crippen LogP contribution in [0.3, 0.4) is 0 Å². The van der Waals surface area contributed by atoms with Crippen molar-refractivity contribution in [1.29, 1.82) is 0 Å². The molecule has 2 heterocycles. The highest BCUT2D eigenvalue weighted by molar-refractivity contribution is 5.46. The molecule has 0 saturated heterocycles. The number of fused-ring (bicyclic) bond motifs is 1. The summed E-state index contributed by atoms with van der Waals surface area (Å²) in [6.45, 7) is 4.47. The monoisotopic (exact) mass is 363 g/mol. The van der Waals surface area contributed by atoms with Crippen molar-refractivity contribution < 1.29 is 17.9 Å². The van der Waals surface area contributed by atoms with Crippen molar-refractivity contribution in [1.82, 2.24) is 19.8 Å². The smallest absolute Gasteiger partial charge is 0.453 e. The van der Waals surface area contributed by atoms with Crippen LogP contribution in [0.2, 0.25) is 0 Å². The van der Waals surface area contributed by atoms with E-state index >= 15 is 0 Å². The summed E-state index contributed by atoms with van der Waals surface area (Å²) in [6, 6.07) is 10.5. The minimum Gasteiger partial charge on any atom is -0.490 e. The lowest BCUT2D eigenvalue weighted by Crippen LogP contribution is -2.20. The maximum atomic E-state index is 13.0. The van der Waals surface area contributed by atoms with Gasteiger partial charge in [-0.25, -0.2) is 0 Å². The summed E-state index contributed by atoms with van der Waals surface area (Å²) in [7, 11) is 1.74. The number of aromatic nitrogens is 4. The molecule has 136 valence electrons. The first kappa shape index (κ1) is 17.7. The molecule has 0 atom stereocenters. The van der Waals surface area contributed by atoms with E-state index in [0.717, 1.165) is 11.3 Å². The normalized spacial score (nSPS) is 11.5. The van der Waals surface area contributed by atoms with Crippen LogP contribution in [0.5, 0.6) is 5.75 Å². The predicted molar refractivity (Wildman–Crippen MR) is 90.0 cm³/mol. The van der Waals surface area contributed by atoms with Crippen LogP contribution in [0.15, 0.2) is 49.1 Å². The van der Waals surface area contributed by atoms with Crippen LogP contribution in [0.25, 0.3) is 5.65 Å². The van der Waals surface area contributed by atoms with Crippen molar-refractivity contribution in [2.24, 2.45) is 0 Å². The van der Waals surface area contributed by atoms with Crippen molar-refractivity contribution >= 4 is 11.5 Å². The van der Waals surface area contributed by atoms with Crippen molar-refractivity contribution in [2.45, 2.75) is 12.7 Å². The van der Waals surface area contributed by atoms with Gasteiger partial charge in [0.1, 0.15) is 18.2 Å². The molecule has 0 unspecified atom stereocenters. The second-order valence-corrected chi connectivity index (χ2v) is 5.58. The summed E-state index contributed by atoms with van der Waals surface area (Å²) in [5.41, 5.74) is 0.998. The van der Waals surface area contributed by atoms with E-state index in [0.29, 0.717) is 23.5 Å². The number of hydrogen-bond acceptors (Lipinski definition) is 5. The summed E-state index contributed by atoms with van der Waals surface area (Å²) in [4.78, 5) is 1.74. The molecule has 0 fully saturated rings. The average molecular weight is 363 g/mol. The van der Waals surface area contributed by atoms with E-state index in [1.54, 1.807) is 24.1 Å². The fourth-order valence-corrected chi connectivity index (χ4v) is 2.36. The van der Waals surface area contributed by atoms with Crippen molar-refractivity contribution in [3.05, 3.63) is 60.4 Å². The number of anilines is 1. The predicted octanol–water partition coefficient (Wildman–Crippen LogP) is 3.34. The minimum atomic E-state index is -4.62. The molecule has 3 rings (SSSR count). The van der Waals surface area contributed by atoms with Gasteiger partial charge < -0.3 is 9.64 Å². The number of halogens is 3. The average Bonchev–Trinajstić information content (AvgIpc) is 3.04. The number of ether oxygens (including phenoxy) is 1. The molecule has 2 aromatic heterocycles. The van der Waals surface area contributed by atoms with E-state index < -0.39 is 12.0 Å². The first-order valence-corrected chi connectivity index (χ1v) is 7.72. The highest BCUT2D eigenvalue weighted by atomic mass is 19.4. The Morgan fingerprint density at radius 1 is 1.15 bits per heavy atom. The summed E-state index contributed by atoms with van der Waals surface area (Å²) < 4.78 is 45.0. The zero-order valence-corrected chi connectivity index (χ0v) is 13.9. The number of alkyl halides is 3. The Balaban J connectivity index is 1.79. The molecule has 3 aromatic rings. The largest absolute Gasteiger partial charge is 0.490 e. The van der Waals surface area contributed by atoms with Gasteiger partial charge in [-0.05, 0) is 29.8 Å². The van der Waals surface area contributed by atoms with Crippen molar-refractivity contribution in [3.63, 3.8) is 0 Å². The van der Waals surface area contributed by atoms with E-state index in [1.807, 2.05) is 24.3 Å². The van der Waals surface area contributed by atoms with Crippen LogP contribution in [-0.4, -0.2) is 33.5 Å². The first-order chi connectivity index (χ1) is 12.4. The molecule has 0 radical (unpaired) electrons. The molecule has 0 saturated carbocycles. The Morgan fingerprint density at radius 3 is 2.54 bits per heavy atom. The molecule has 1 aromatic carbocycles. The first-order valence-electron chi connectivity index (χ1n) is 7.72. The van der Waals surface area contributed by atoms with E-state index in [2.05, 4.69) is 21.9 Å². The summed E-state index contributed by atoms with van der Waals surface area (Å²) in [5, 5.41) is 10.7. The van der Waals surface area contributed by atoms with Gasteiger partial charge >= 0.3 is 6.18 Å². The molecular formula is C17H16F3N5O. The Hall–Kier alpha value is -3.10. The number of rotatable bonds is 6. The second kappa shape index (κ2) is 7.03. The molecule has 0 amide bonds. The van der Waals surface area contributed by atoms with E-state index in [1.165, 1.54) is 6.07 Å². The van der Waals surface area contributed by atoms with Gasteiger partial charge in [-0.1, -0.05) is 24.8 Å². The zero-order chi connectivity index (χ0) is 18.7. The lowest BCUT2D eigenvalue weighted by Gasteiger charge is -2.18. The summed E-state index contributed by atoms with van der Waals surface area (Å²) in [5.74, 6) is -0.0589. The van der Waals surface area contributed by atoms with Crippen LogP contribution in [0, 0.1) is 0 Å². The van der Waals surface area contributed by atoms with Gasteiger partial charge in [0.05, 0.1) is 0 Å². The second-order valence-electron chi connectivity index (χ2n) is 5.58. The zero-order valence-electron chi connectivity index (χ0n) is 13.9. The molecule has 6 nitrogen and oxygen atoms in total. The van der Waals surface area contributed by atoms with Gasteiger partial charge in [0.15, 0.2) is 5.65 Å². The summed E-state index contributed by atoms with van der Waals surface area (Å²) >= 11 is 0. The van der Waals surface area contributed by atoms with E-state index in [-0.39, 0.29) is 5.65 Å². The summed E-state index contributed by atoms with van der Waals surface area (Å²) in [6.07, 6.45) is -2.96. The Labute approximate surface area is 147 Å². The van der Waals surface area contributed by atoms with Crippen molar-refractivity contribution in [3.8, 4) is 5.75 Å². The molecule has 0 bridgehead atoms. The molecule has 0 aliphatic carbocycles. The van der Waals surface area contributed by atoms with Crippen LogP contribution >= 0.6 is 0 Å². The van der Waals surface area contributed by atoms with Gasteiger partial charge in [-0.15, -0.1) is 15.3 Å². The Kier molecular flexibility index (Phi) is 4.79. The number of benzene rings is 1. The van der Waals surface area contributed by atoms with Crippen LogP contribution in [0.1, 0.15) is 11.4 Å². The van der Waals surface area contributed by atoms with Crippen LogP contribution in [0.4, 0.5) is 19.0 Å². The van der Waals surface area contributed by atoms with Gasteiger partial charge in [0.2, 0.25) is 0 Å². The van der Waals surface area contributed by atoms with Gasteiger partial charge in [-0.2, -0.15) is 17.7 Å². The van der Waals surface area contributed by atoms with Gasteiger partial charge in [0.25, 0.3) is 5.82 Å². The Bertz CT molecular complexity index is 905. The lowest BCUT2D eigenvalue weighted by molar-refractivity contribution is -0.146. The molecule has 0 spiro atoms. The molecule has 26 heavy (non-hydrogen) atoms. The quantitative estimate of drug-likeness (QED) is 0.629. The molecule has 0 aliphatic heterocycles. The minimum absolute atomic E-state index is 0.0400. The van der Waals surface area contributed by atoms with Crippen molar-refractivity contribution in [2.75, 3.05) is 18.6 Å². The topological polar surface area (TPSA) is 55.5 Å². The molecule has 9 heteroatoms. The van der Waals surface area contributed by atoms with E-state index in [9.17, 15) is 13.2 Å². The standard InChI is InChI=1S/C17H16F3N5O/c1-3-10-26-13-6-4-12(5-7-13)11-24(2)15-9-8-14-21-22-16(17(18,19)20)25(14)23-15/h3-9H,1,10-11H2,2H3. The third-order valence-corrected chi connectivity index (χ3v) is 3.60. The fourth-order valence-electron chi connectivity index (χ4n) is 2.36. The SMILES string of the molecule is C=CCOc1ccc(CN(C)c2ccc3nnc(C(F)(F)F)n3n2)cc1. The molecular weight excluding hydrogens is 347 g/mol. The molecule has 0 N–H and O–H groups in total. The highest BCUT2D eigenvalue weighted by Gasteiger charge is 2.37.